The minimum absolute atomic E-state index is 0.128. The summed E-state index contributed by atoms with van der Waals surface area (Å²) in [5, 5.41) is 10.7. The highest BCUT2D eigenvalue weighted by Gasteiger charge is 2.35. The number of benzene rings is 2. The van der Waals surface area contributed by atoms with Gasteiger partial charge in [-0.3, -0.25) is 24.7 Å². The summed E-state index contributed by atoms with van der Waals surface area (Å²) < 4.78 is 63.5. The summed E-state index contributed by atoms with van der Waals surface area (Å²) in [6.45, 7) is 7.56. The van der Waals surface area contributed by atoms with Crippen molar-refractivity contribution in [1.29, 1.82) is 0 Å². The fourth-order valence-electron chi connectivity index (χ4n) is 6.82. The fraction of sp³-hybridized carbons (Fsp3) is 0.359. The van der Waals surface area contributed by atoms with Crippen molar-refractivity contribution >= 4 is 46.5 Å². The molecule has 2 aliphatic heterocycles. The van der Waals surface area contributed by atoms with Crippen LogP contribution in [0.3, 0.4) is 0 Å². The van der Waals surface area contributed by atoms with Gasteiger partial charge in [-0.25, -0.2) is 19.2 Å². The first-order valence-corrected chi connectivity index (χ1v) is 17.9. The number of aryl methyl sites for hydroxylation is 1. The Kier molecular flexibility index (Phi) is 11.5. The number of imide groups is 1. The van der Waals surface area contributed by atoms with Crippen LogP contribution in [0.4, 0.5) is 51.1 Å². The summed E-state index contributed by atoms with van der Waals surface area (Å²) in [4.78, 5) is 48.0. The predicted octanol–water partition coefficient (Wildman–Crippen LogP) is 7.40. The highest BCUT2D eigenvalue weighted by Crippen LogP contribution is 2.41. The minimum Gasteiger partial charge on any atom is -0.489 e. The van der Waals surface area contributed by atoms with Crippen molar-refractivity contribution in [3.05, 3.63) is 94.6 Å². The van der Waals surface area contributed by atoms with Crippen LogP contribution in [0.5, 0.6) is 5.75 Å². The monoisotopic (exact) mass is 762 g/mol. The summed E-state index contributed by atoms with van der Waals surface area (Å²) in [6, 6.07) is 12.3. The van der Waals surface area contributed by atoms with Crippen LogP contribution in [0.15, 0.2) is 60.9 Å². The standard InChI is InChI=1S/C39H42F4N8O4/c1-22(2)55-33-17-27(24-9-12-50(13-10-24)21-25-16-35(46-20-29(25)40)51-14-11-36(52)49-38(51)54)23(3)15-32(33)48-34-18-31(28(19-45-34)39(41,42)43)47-30-8-6-5-7-26(30)37(53)44-4/h5-8,15-20,22,24H,9-14,21H2,1-4H3,(H,44,53)(H2,45,47,48)(H,49,52,54). The van der Waals surface area contributed by atoms with E-state index < -0.39 is 29.5 Å². The van der Waals surface area contributed by atoms with E-state index in [0.717, 1.165) is 36.4 Å². The van der Waals surface area contributed by atoms with Crippen LogP contribution in [0.1, 0.15) is 71.6 Å². The van der Waals surface area contributed by atoms with Gasteiger partial charge in [0.25, 0.3) is 5.91 Å². The second kappa shape index (κ2) is 16.3. The average molecular weight is 763 g/mol. The van der Waals surface area contributed by atoms with E-state index >= 15 is 0 Å². The molecule has 0 aliphatic carbocycles. The van der Waals surface area contributed by atoms with Gasteiger partial charge in [0.05, 0.1) is 40.5 Å². The van der Waals surface area contributed by atoms with E-state index in [0.29, 0.717) is 36.6 Å². The first-order chi connectivity index (χ1) is 26.2. The number of aromatic nitrogens is 2. The van der Waals surface area contributed by atoms with Crippen LogP contribution < -0.4 is 30.9 Å². The Labute approximate surface area is 315 Å². The lowest BCUT2D eigenvalue weighted by molar-refractivity contribution is -0.137. The molecule has 0 saturated carbocycles. The molecule has 0 unspecified atom stereocenters. The molecule has 4 amide bonds. The molecule has 4 aromatic rings. The number of urea groups is 1. The molecule has 2 fully saturated rings. The number of likely N-dealkylation sites (tertiary alicyclic amines) is 1. The third-order valence-electron chi connectivity index (χ3n) is 9.54. The first-order valence-electron chi connectivity index (χ1n) is 17.9. The van der Waals surface area contributed by atoms with Gasteiger partial charge in [-0.15, -0.1) is 0 Å². The van der Waals surface area contributed by atoms with E-state index in [1.54, 1.807) is 18.2 Å². The SMILES string of the molecule is CNC(=O)c1ccccc1Nc1cc(Nc2cc(C)c(C3CCN(Cc4cc(N5CCC(=O)NC5=O)ncc4F)CC3)cc2OC(C)C)ncc1C(F)(F)F. The molecule has 16 heteroatoms. The van der Waals surface area contributed by atoms with Gasteiger partial charge in [0.1, 0.15) is 23.2 Å². The van der Waals surface area contributed by atoms with Crippen LogP contribution in [-0.4, -0.2) is 65.5 Å². The number of piperidine rings is 1. The zero-order valence-corrected chi connectivity index (χ0v) is 30.8. The smallest absolute Gasteiger partial charge is 0.419 e. The fourth-order valence-corrected chi connectivity index (χ4v) is 6.82. The molecular weight excluding hydrogens is 720 g/mol. The van der Waals surface area contributed by atoms with Crippen molar-refractivity contribution < 1.29 is 36.7 Å². The van der Waals surface area contributed by atoms with Crippen molar-refractivity contribution in [3.63, 3.8) is 0 Å². The molecule has 6 rings (SSSR count). The number of carbonyl (C=O) groups excluding carboxylic acids is 3. The lowest BCUT2D eigenvalue weighted by Gasteiger charge is -2.33. The number of nitrogens with zero attached hydrogens (tertiary/aromatic N) is 4. The normalized spacial score (nSPS) is 15.5. The van der Waals surface area contributed by atoms with Gasteiger partial charge < -0.3 is 20.7 Å². The number of hydrogen-bond donors (Lipinski definition) is 4. The quantitative estimate of drug-likeness (QED) is 0.115. The van der Waals surface area contributed by atoms with Crippen LogP contribution in [0, 0.1) is 12.7 Å². The lowest BCUT2D eigenvalue weighted by Crippen LogP contribution is -2.50. The van der Waals surface area contributed by atoms with E-state index in [1.165, 1.54) is 30.1 Å². The van der Waals surface area contributed by atoms with Gasteiger partial charge in [-0.2, -0.15) is 13.2 Å². The molecule has 0 atom stereocenters. The maximum absolute atomic E-state index is 14.9. The molecule has 4 N–H and O–H groups in total. The van der Waals surface area contributed by atoms with Gasteiger partial charge in [0.15, 0.2) is 0 Å². The number of para-hydroxylation sites is 1. The summed E-state index contributed by atoms with van der Waals surface area (Å²) in [6.07, 6.45) is -1.41. The Hall–Kier alpha value is -5.77. The average Bonchev–Trinajstić information content (AvgIpc) is 3.13. The molecule has 2 aromatic carbocycles. The maximum atomic E-state index is 14.9. The third-order valence-corrected chi connectivity index (χ3v) is 9.54. The van der Waals surface area contributed by atoms with E-state index in [4.69, 9.17) is 4.74 Å². The van der Waals surface area contributed by atoms with Crippen LogP contribution in [0.25, 0.3) is 0 Å². The van der Waals surface area contributed by atoms with E-state index in [2.05, 4.69) is 36.1 Å². The molecular formula is C39H42F4N8O4. The number of pyridine rings is 2. The number of alkyl halides is 3. The number of rotatable bonds is 11. The van der Waals surface area contributed by atoms with Gasteiger partial charge in [0.2, 0.25) is 5.91 Å². The Balaban J connectivity index is 1.19. The lowest BCUT2D eigenvalue weighted by atomic mass is 9.86. The Morgan fingerprint density at radius 1 is 0.982 bits per heavy atom. The number of halogens is 4. The molecule has 55 heavy (non-hydrogen) atoms. The molecule has 0 bridgehead atoms. The number of ether oxygens (including phenoxy) is 1. The molecule has 2 aromatic heterocycles. The molecule has 12 nitrogen and oxygen atoms in total. The van der Waals surface area contributed by atoms with Crippen molar-refractivity contribution in [1.82, 2.24) is 25.5 Å². The molecule has 290 valence electrons. The number of hydrogen-bond acceptors (Lipinski definition) is 9. The number of carbonyl (C=O) groups is 3. The second-order valence-corrected chi connectivity index (χ2v) is 13.8. The second-order valence-electron chi connectivity index (χ2n) is 13.8. The predicted molar refractivity (Wildman–Crippen MR) is 200 cm³/mol. The number of anilines is 5. The zero-order chi connectivity index (χ0) is 39.4. The highest BCUT2D eigenvalue weighted by atomic mass is 19.4. The van der Waals surface area contributed by atoms with E-state index in [1.807, 2.05) is 32.9 Å². The number of amides is 4. The highest BCUT2D eigenvalue weighted by molar-refractivity contribution is 6.05. The summed E-state index contributed by atoms with van der Waals surface area (Å²) >= 11 is 0. The van der Waals surface area contributed by atoms with Crippen molar-refractivity contribution in [2.45, 2.75) is 64.8 Å². The summed E-state index contributed by atoms with van der Waals surface area (Å²) in [5.41, 5.74) is 2.02. The van der Waals surface area contributed by atoms with Gasteiger partial charge >= 0.3 is 12.2 Å². The molecule has 0 spiro atoms. The molecule has 4 heterocycles. The summed E-state index contributed by atoms with van der Waals surface area (Å²) in [5.74, 6) is -0.222. The van der Waals surface area contributed by atoms with Crippen molar-refractivity contribution in [2.75, 3.05) is 42.2 Å². The van der Waals surface area contributed by atoms with E-state index in [9.17, 15) is 31.9 Å². The Morgan fingerprint density at radius 3 is 2.42 bits per heavy atom. The molecule has 2 aliphatic rings. The first kappa shape index (κ1) is 38.9. The minimum atomic E-state index is -4.72. The Morgan fingerprint density at radius 2 is 1.73 bits per heavy atom. The largest absolute Gasteiger partial charge is 0.489 e. The van der Waals surface area contributed by atoms with Crippen LogP contribution in [-0.2, 0) is 17.5 Å². The third kappa shape index (κ3) is 9.13. The van der Waals surface area contributed by atoms with Crippen LogP contribution in [0.2, 0.25) is 0 Å². The van der Waals surface area contributed by atoms with E-state index in [-0.39, 0.29) is 59.5 Å². The maximum Gasteiger partial charge on any atom is 0.419 e. The summed E-state index contributed by atoms with van der Waals surface area (Å²) in [7, 11) is 1.44. The van der Waals surface area contributed by atoms with Crippen molar-refractivity contribution in [3.8, 4) is 5.75 Å². The van der Waals surface area contributed by atoms with Gasteiger partial charge in [-0.05, 0) is 94.1 Å². The van der Waals surface area contributed by atoms with Gasteiger partial charge in [0, 0.05) is 44.4 Å². The molecule has 2 saturated heterocycles. The van der Waals surface area contributed by atoms with Gasteiger partial charge in [-0.1, -0.05) is 12.1 Å². The molecule has 0 radical (unpaired) electrons. The Bertz CT molecular complexity index is 2090. The van der Waals surface area contributed by atoms with Crippen molar-refractivity contribution in [2.24, 2.45) is 0 Å². The van der Waals surface area contributed by atoms with Crippen LogP contribution >= 0.6 is 0 Å². The number of nitrogens with one attached hydrogen (secondary N) is 4. The zero-order valence-electron chi connectivity index (χ0n) is 30.8. The topological polar surface area (TPSA) is 141 Å².